The van der Waals surface area contributed by atoms with Crippen molar-refractivity contribution >= 4 is 28.1 Å². The summed E-state index contributed by atoms with van der Waals surface area (Å²) in [6, 6.07) is 1.53. The number of fused-ring (bicyclic) bond motifs is 1. The van der Waals surface area contributed by atoms with Gasteiger partial charge in [-0.3, -0.25) is 19.7 Å². The molecule has 3 aromatic heterocycles. The summed E-state index contributed by atoms with van der Waals surface area (Å²) in [5.41, 5.74) is 1.46. The van der Waals surface area contributed by atoms with Crippen molar-refractivity contribution in [3.63, 3.8) is 0 Å². The molecule has 0 N–H and O–H groups in total. The van der Waals surface area contributed by atoms with Gasteiger partial charge in [-0.05, 0) is 13.3 Å². The van der Waals surface area contributed by atoms with Gasteiger partial charge >= 0.3 is 0 Å². The molecule has 0 bridgehead atoms. The average Bonchev–Trinajstić information content (AvgIpc) is 2.92. The molecule has 0 saturated heterocycles. The third-order valence-corrected chi connectivity index (χ3v) is 4.82. The molecule has 0 radical (unpaired) electrons. The van der Waals surface area contributed by atoms with Gasteiger partial charge in [0, 0.05) is 37.7 Å². The van der Waals surface area contributed by atoms with E-state index < -0.39 is 0 Å². The van der Waals surface area contributed by atoms with Crippen molar-refractivity contribution in [2.24, 2.45) is 0 Å². The topological polar surface area (TPSA) is 76.3 Å². The first-order valence-electron chi connectivity index (χ1n) is 6.53. The summed E-state index contributed by atoms with van der Waals surface area (Å²) >= 11 is 2.93. The number of thioether (sulfide) groups is 1. The molecule has 0 aliphatic rings. The Hall–Kier alpha value is -1.84. The lowest BCUT2D eigenvalue weighted by Crippen LogP contribution is -2.22. The van der Waals surface area contributed by atoms with Crippen LogP contribution in [-0.2, 0) is 13.1 Å². The SMILES string of the molecule is CSc1nn2c(=O)cc(CN(C)Cc3cnccn3)nc2s1. The average molecular weight is 334 g/mol. The van der Waals surface area contributed by atoms with Gasteiger partial charge in [0.25, 0.3) is 5.56 Å². The quantitative estimate of drug-likeness (QED) is 0.651. The minimum atomic E-state index is -0.149. The Morgan fingerprint density at radius 2 is 2.14 bits per heavy atom. The molecule has 0 aliphatic heterocycles. The first-order chi connectivity index (χ1) is 10.7. The minimum absolute atomic E-state index is 0.149. The zero-order valence-electron chi connectivity index (χ0n) is 12.1. The molecule has 114 valence electrons. The highest BCUT2D eigenvalue weighted by Gasteiger charge is 2.10. The van der Waals surface area contributed by atoms with E-state index >= 15 is 0 Å². The summed E-state index contributed by atoms with van der Waals surface area (Å²) in [5.74, 6) is 0. The van der Waals surface area contributed by atoms with Gasteiger partial charge in [-0.1, -0.05) is 23.1 Å². The van der Waals surface area contributed by atoms with Crippen LogP contribution in [0.2, 0.25) is 0 Å². The highest BCUT2D eigenvalue weighted by atomic mass is 32.2. The van der Waals surface area contributed by atoms with E-state index in [1.165, 1.54) is 33.7 Å². The molecule has 7 nitrogen and oxygen atoms in total. The van der Waals surface area contributed by atoms with E-state index in [-0.39, 0.29) is 5.56 Å². The largest absolute Gasteiger partial charge is 0.295 e. The molecule has 0 aromatic carbocycles. The Labute approximate surface area is 135 Å². The van der Waals surface area contributed by atoms with Crippen molar-refractivity contribution in [3.05, 3.63) is 46.4 Å². The second-order valence-corrected chi connectivity index (χ2v) is 6.73. The third kappa shape index (κ3) is 3.32. The minimum Gasteiger partial charge on any atom is -0.295 e. The Bertz CT molecular complexity index is 831. The summed E-state index contributed by atoms with van der Waals surface area (Å²) in [7, 11) is 1.96. The van der Waals surface area contributed by atoms with E-state index in [1.807, 2.05) is 18.2 Å². The van der Waals surface area contributed by atoms with Crippen LogP contribution < -0.4 is 5.56 Å². The first-order valence-corrected chi connectivity index (χ1v) is 8.57. The predicted octanol–water partition coefficient (Wildman–Crippen LogP) is 1.29. The van der Waals surface area contributed by atoms with Gasteiger partial charge in [-0.25, -0.2) is 4.98 Å². The second kappa shape index (κ2) is 6.51. The smallest absolute Gasteiger partial charge is 0.275 e. The van der Waals surface area contributed by atoms with Crippen LogP contribution in [0, 0.1) is 0 Å². The molecule has 0 unspecified atom stereocenters. The molecule has 0 aliphatic carbocycles. The Balaban J connectivity index is 1.80. The van der Waals surface area contributed by atoms with Crippen molar-refractivity contribution in [3.8, 4) is 0 Å². The molecule has 9 heteroatoms. The maximum Gasteiger partial charge on any atom is 0.275 e. The number of nitrogens with zero attached hydrogens (tertiary/aromatic N) is 6. The van der Waals surface area contributed by atoms with Crippen LogP contribution in [0.25, 0.3) is 4.96 Å². The monoisotopic (exact) mass is 334 g/mol. The van der Waals surface area contributed by atoms with E-state index in [4.69, 9.17) is 0 Å². The van der Waals surface area contributed by atoms with Gasteiger partial charge in [0.1, 0.15) is 0 Å². The molecular formula is C13H14N6OS2. The summed E-state index contributed by atoms with van der Waals surface area (Å²) in [6.07, 6.45) is 6.97. The molecule has 0 spiro atoms. The summed E-state index contributed by atoms with van der Waals surface area (Å²) in [6.45, 7) is 1.21. The molecule has 3 rings (SSSR count). The highest BCUT2D eigenvalue weighted by molar-refractivity contribution is 8.00. The fourth-order valence-electron chi connectivity index (χ4n) is 2.02. The fraction of sp³-hybridized carbons (Fsp3) is 0.308. The molecule has 0 fully saturated rings. The number of aromatic nitrogens is 5. The fourth-order valence-corrected chi connectivity index (χ4v) is 3.40. The molecule has 0 atom stereocenters. The molecule has 3 heterocycles. The van der Waals surface area contributed by atoms with Gasteiger partial charge < -0.3 is 0 Å². The third-order valence-electron chi connectivity index (χ3n) is 2.93. The molecule has 22 heavy (non-hydrogen) atoms. The van der Waals surface area contributed by atoms with Gasteiger partial charge in [0.15, 0.2) is 4.34 Å². The van der Waals surface area contributed by atoms with Crippen LogP contribution in [0.3, 0.4) is 0 Å². The van der Waals surface area contributed by atoms with Crippen molar-refractivity contribution in [1.29, 1.82) is 0 Å². The van der Waals surface area contributed by atoms with Crippen molar-refractivity contribution in [2.75, 3.05) is 13.3 Å². The van der Waals surface area contributed by atoms with E-state index in [2.05, 4.69) is 20.1 Å². The van der Waals surface area contributed by atoms with Gasteiger partial charge in [-0.15, -0.1) is 5.10 Å². The number of hydrogen-bond donors (Lipinski definition) is 0. The lowest BCUT2D eigenvalue weighted by Gasteiger charge is -2.14. The summed E-state index contributed by atoms with van der Waals surface area (Å²) in [5, 5.41) is 4.21. The zero-order valence-corrected chi connectivity index (χ0v) is 13.8. The van der Waals surface area contributed by atoms with E-state index in [9.17, 15) is 4.79 Å². The molecular weight excluding hydrogens is 320 g/mol. The van der Waals surface area contributed by atoms with Crippen molar-refractivity contribution in [1.82, 2.24) is 29.5 Å². The van der Waals surface area contributed by atoms with Gasteiger partial charge in [-0.2, -0.15) is 4.52 Å². The van der Waals surface area contributed by atoms with Gasteiger partial charge in [0.05, 0.1) is 11.4 Å². The van der Waals surface area contributed by atoms with Crippen molar-refractivity contribution < 1.29 is 0 Å². The Morgan fingerprint density at radius 3 is 2.86 bits per heavy atom. The lowest BCUT2D eigenvalue weighted by atomic mass is 10.3. The first kappa shape index (κ1) is 15.1. The summed E-state index contributed by atoms with van der Waals surface area (Å²) < 4.78 is 2.18. The zero-order chi connectivity index (χ0) is 15.5. The number of hydrogen-bond acceptors (Lipinski definition) is 8. The van der Waals surface area contributed by atoms with Crippen LogP contribution in [-0.4, -0.2) is 42.8 Å². The summed E-state index contributed by atoms with van der Waals surface area (Å²) in [4.78, 5) is 27.6. The maximum atomic E-state index is 12.1. The van der Waals surface area contributed by atoms with Crippen LogP contribution in [0.15, 0.2) is 33.8 Å². The number of rotatable bonds is 5. The molecule has 0 amide bonds. The predicted molar refractivity (Wildman–Crippen MR) is 86.1 cm³/mol. The van der Waals surface area contributed by atoms with E-state index in [1.54, 1.807) is 18.6 Å². The van der Waals surface area contributed by atoms with Crippen LogP contribution >= 0.6 is 23.1 Å². The standard InChI is InChI=1S/C13H14N6OS2/c1-18(8-10-6-14-3-4-15-10)7-9-5-11(20)19-12(16-9)22-13(17-19)21-2/h3-6H,7-8H2,1-2H3. The Kier molecular flexibility index (Phi) is 4.46. The maximum absolute atomic E-state index is 12.1. The normalized spacial score (nSPS) is 11.4. The second-order valence-electron chi connectivity index (χ2n) is 4.72. The van der Waals surface area contributed by atoms with Gasteiger partial charge in [0.2, 0.25) is 4.96 Å². The van der Waals surface area contributed by atoms with E-state index in [0.717, 1.165) is 15.7 Å². The van der Waals surface area contributed by atoms with Crippen LogP contribution in [0.5, 0.6) is 0 Å². The van der Waals surface area contributed by atoms with Crippen LogP contribution in [0.4, 0.5) is 0 Å². The molecule has 0 saturated carbocycles. The highest BCUT2D eigenvalue weighted by Crippen LogP contribution is 2.20. The molecule has 3 aromatic rings. The Morgan fingerprint density at radius 1 is 1.32 bits per heavy atom. The van der Waals surface area contributed by atoms with Crippen molar-refractivity contribution in [2.45, 2.75) is 17.4 Å². The lowest BCUT2D eigenvalue weighted by molar-refractivity contribution is 0.310. The van der Waals surface area contributed by atoms with Crippen LogP contribution in [0.1, 0.15) is 11.4 Å². The van der Waals surface area contributed by atoms with E-state index in [0.29, 0.717) is 18.1 Å².